The van der Waals surface area contributed by atoms with E-state index in [9.17, 15) is 17.5 Å². The first-order valence-electron chi connectivity index (χ1n) is 1.75. The summed E-state index contributed by atoms with van der Waals surface area (Å²) in [7, 11) is -7.16. The number of rotatable bonds is 2. The molecule has 0 spiro atoms. The monoisotopic (exact) mass is 204 g/mol. The van der Waals surface area contributed by atoms with Gasteiger partial charge in [0.1, 0.15) is 0 Å². The number of hydrogen-bond acceptors (Lipinski definition) is 7. The fourth-order valence-electron chi connectivity index (χ4n) is 0.00972. The van der Waals surface area contributed by atoms with E-state index in [0.717, 1.165) is 0 Å². The summed E-state index contributed by atoms with van der Waals surface area (Å²) >= 11 is 0. The Labute approximate surface area is 79.9 Å². The summed E-state index contributed by atoms with van der Waals surface area (Å²) < 4.78 is 42.9. The van der Waals surface area contributed by atoms with Crippen LogP contribution < -0.4 is 18.9 Å². The van der Waals surface area contributed by atoms with Crippen molar-refractivity contribution in [3.8, 4) is 0 Å². The van der Waals surface area contributed by atoms with Crippen LogP contribution in [0, 0.1) is 0 Å². The predicted octanol–water partition coefficient (Wildman–Crippen LogP) is -4.90. The maximum Gasteiger partial charge on any atom is 1.00 e. The topological polar surface area (TPSA) is 113 Å². The van der Waals surface area contributed by atoms with E-state index in [2.05, 4.69) is 0 Å². The summed E-state index contributed by atoms with van der Waals surface area (Å²) in [5, 5.41) is 21.5. The van der Waals surface area contributed by atoms with Crippen molar-refractivity contribution in [3.63, 3.8) is 0 Å². The van der Waals surface area contributed by atoms with Crippen molar-refractivity contribution >= 4 is 17.7 Å². The molecule has 0 aromatic heterocycles. The van der Waals surface area contributed by atoms with Crippen LogP contribution in [0.2, 0.25) is 0 Å². The van der Waals surface area contributed by atoms with E-state index in [1.807, 2.05) is 8.78 Å². The largest absolute Gasteiger partial charge is 1.00 e. The molecular weight excluding hydrogens is 200 g/mol. The van der Waals surface area contributed by atoms with Gasteiger partial charge in [0.2, 0.25) is 0 Å². The van der Waals surface area contributed by atoms with Gasteiger partial charge in [-0.25, -0.2) is 0 Å². The molecule has 0 unspecified atom stereocenters. The van der Waals surface area contributed by atoms with Crippen LogP contribution in [-0.4, -0.2) is 30.8 Å². The van der Waals surface area contributed by atoms with Crippen LogP contribution >= 0.6 is 0 Å². The molecule has 0 saturated carbocycles. The van der Waals surface area contributed by atoms with Crippen LogP contribution in [-0.2, 0) is 19.2 Å². The summed E-state index contributed by atoms with van der Waals surface area (Å²) in [5.41, 5.74) is 0. The summed E-state index contributed by atoms with van der Waals surface area (Å²) in [5.74, 6) is 0. The van der Waals surface area contributed by atoms with Crippen LogP contribution in [0.5, 0.6) is 0 Å². The van der Waals surface area contributed by atoms with E-state index in [1.54, 1.807) is 0 Å². The number of halogens is 2. The Balaban J connectivity index is -0.0000000600. The first-order valence-corrected chi connectivity index (χ1v) is 3.08. The molecule has 0 aliphatic heterocycles. The van der Waals surface area contributed by atoms with Crippen molar-refractivity contribution < 1.29 is 61.6 Å². The molecule has 0 aromatic carbocycles. The standard InChI is InChI=1S/BH3O3.F2O4S.Li.H/c2-1(3)4;1-5-7(3,4)6-2;;/h2-4H;;;/q;;+1;-1. The Morgan fingerprint density at radius 2 is 1.33 bits per heavy atom. The second-order valence-corrected chi connectivity index (χ2v) is 1.95. The van der Waals surface area contributed by atoms with Crippen molar-refractivity contribution in [1.82, 2.24) is 0 Å². The van der Waals surface area contributed by atoms with Crippen molar-refractivity contribution in [3.05, 3.63) is 0 Å². The average Bonchev–Trinajstić information content (AvgIpc) is 1.87. The molecule has 12 heavy (non-hydrogen) atoms. The van der Waals surface area contributed by atoms with E-state index in [-0.39, 0.29) is 20.3 Å². The Morgan fingerprint density at radius 3 is 1.33 bits per heavy atom. The molecule has 0 aliphatic carbocycles. The van der Waals surface area contributed by atoms with Crippen molar-refractivity contribution in [2.24, 2.45) is 0 Å². The van der Waals surface area contributed by atoms with Gasteiger partial charge in [-0.1, -0.05) is 0 Å². The maximum absolute atomic E-state index is 10.3. The smallest absolute Gasteiger partial charge is 1.00 e. The number of hydrogen-bond donors (Lipinski definition) is 3. The van der Waals surface area contributed by atoms with Gasteiger partial charge >= 0.3 is 36.6 Å². The van der Waals surface area contributed by atoms with Crippen LogP contribution in [0.15, 0.2) is 0 Å². The minimum atomic E-state index is -4.99. The van der Waals surface area contributed by atoms with Gasteiger partial charge < -0.3 is 16.5 Å². The Bertz CT molecular complexity index is 159. The first-order chi connectivity index (χ1) is 4.85. The van der Waals surface area contributed by atoms with E-state index in [4.69, 9.17) is 15.1 Å². The van der Waals surface area contributed by atoms with E-state index in [0.29, 0.717) is 0 Å². The van der Waals surface area contributed by atoms with Gasteiger partial charge in [-0.15, -0.1) is 0 Å². The van der Waals surface area contributed by atoms with Crippen LogP contribution in [0.4, 0.5) is 9.05 Å². The Morgan fingerprint density at radius 1 is 1.17 bits per heavy atom. The molecule has 7 nitrogen and oxygen atoms in total. The molecule has 0 fully saturated rings. The molecule has 0 amide bonds. The van der Waals surface area contributed by atoms with Gasteiger partial charge in [0, 0.05) is 0 Å². The van der Waals surface area contributed by atoms with Crippen molar-refractivity contribution in [2.75, 3.05) is 0 Å². The summed E-state index contributed by atoms with van der Waals surface area (Å²) in [6.45, 7) is 0. The van der Waals surface area contributed by atoms with Gasteiger partial charge in [-0.05, 0) is 17.8 Å². The molecule has 0 aromatic rings. The van der Waals surface area contributed by atoms with Crippen LogP contribution in [0.3, 0.4) is 0 Å². The zero-order valence-corrected chi connectivity index (χ0v) is 6.53. The second-order valence-electron chi connectivity index (χ2n) is 0.881. The zero-order valence-electron chi connectivity index (χ0n) is 6.72. The minimum Gasteiger partial charge on any atom is -1.00 e. The minimum absolute atomic E-state index is 0. The van der Waals surface area contributed by atoms with Crippen molar-refractivity contribution in [1.29, 1.82) is 0 Å². The Hall–Kier alpha value is 0.272. The van der Waals surface area contributed by atoms with Crippen LogP contribution in [0.1, 0.15) is 1.43 Å². The molecule has 12 heteroatoms. The van der Waals surface area contributed by atoms with Crippen LogP contribution in [0.25, 0.3) is 0 Å². The van der Waals surface area contributed by atoms with Gasteiger partial charge in [0.05, 0.1) is 0 Å². The van der Waals surface area contributed by atoms with Gasteiger partial charge in [-0.3, -0.25) is 0 Å². The average molecular weight is 204 g/mol. The second kappa shape index (κ2) is 9.36. The van der Waals surface area contributed by atoms with Gasteiger partial charge in [-0.2, -0.15) is 8.42 Å². The maximum atomic E-state index is 10.3. The summed E-state index contributed by atoms with van der Waals surface area (Å²) in [6, 6.07) is 0. The molecule has 0 bridgehead atoms. The molecule has 0 saturated heterocycles. The van der Waals surface area contributed by atoms with Crippen molar-refractivity contribution in [2.45, 2.75) is 0 Å². The molecule has 3 N–H and O–H groups in total. The molecule has 0 atom stereocenters. The van der Waals surface area contributed by atoms with Gasteiger partial charge in [0.15, 0.2) is 0 Å². The Kier molecular flexibility index (Phi) is 14.1. The van der Waals surface area contributed by atoms with E-state index in [1.165, 1.54) is 0 Å². The third kappa shape index (κ3) is 22.4. The predicted molar refractivity (Wildman–Crippen MR) is 26.8 cm³/mol. The molecular formula is H4BF2LiO7S. The molecule has 70 valence electrons. The van der Waals surface area contributed by atoms with E-state index >= 15 is 0 Å². The molecule has 0 heterocycles. The first kappa shape index (κ1) is 18.1. The normalized spacial score (nSPS) is 9.08. The molecule has 0 aliphatic rings. The summed E-state index contributed by atoms with van der Waals surface area (Å²) in [6.07, 6.45) is 0. The molecule has 0 radical (unpaired) electrons. The zero-order chi connectivity index (χ0) is 9.49. The SMILES string of the molecule is O=S(=O)(OF)OF.OB(O)O.[H-].[Li+]. The molecule has 0 rings (SSSR count). The third-order valence-electron chi connectivity index (χ3n) is 0.154. The third-order valence-corrected chi connectivity index (χ3v) is 0.463. The fraction of sp³-hybridized carbons (Fsp3) is 0. The fourth-order valence-corrected chi connectivity index (χ4v) is 0.0292. The van der Waals surface area contributed by atoms with E-state index < -0.39 is 17.7 Å². The quantitative estimate of drug-likeness (QED) is 0.386. The van der Waals surface area contributed by atoms with Gasteiger partial charge in [0.25, 0.3) is 0 Å². The summed E-state index contributed by atoms with van der Waals surface area (Å²) in [4.78, 5) is 0.